The Bertz CT molecular complexity index is 507. The van der Waals surface area contributed by atoms with Gasteiger partial charge in [0.15, 0.2) is 0 Å². The number of pyridine rings is 1. The average Bonchev–Trinajstić information content (AvgIpc) is 2.42. The van der Waals surface area contributed by atoms with Crippen molar-refractivity contribution in [3.05, 3.63) is 22.8 Å². The molecule has 0 aliphatic rings. The minimum absolute atomic E-state index is 0.203. The molecule has 1 rings (SSSR count). The number of carbonyl (C=O) groups is 2. The maximum Gasteiger partial charge on any atom is 0.316 e. The predicted octanol–water partition coefficient (Wildman–Crippen LogP) is 1.17. The summed E-state index contributed by atoms with van der Waals surface area (Å²) in [6, 6.07) is 2.92. The molecule has 8 heteroatoms. The van der Waals surface area contributed by atoms with Gasteiger partial charge in [-0.05, 0) is 19.1 Å². The quantitative estimate of drug-likeness (QED) is 0.543. The van der Waals surface area contributed by atoms with Crippen molar-refractivity contribution in [2.24, 2.45) is 0 Å². The molecule has 1 aromatic heterocycles. The van der Waals surface area contributed by atoms with Gasteiger partial charge in [0.25, 0.3) is 5.91 Å². The monoisotopic (exact) mass is 313 g/mol. The first-order chi connectivity index (χ1) is 9.93. The zero-order valence-corrected chi connectivity index (χ0v) is 13.1. The third kappa shape index (κ3) is 5.86. The molecule has 3 N–H and O–H groups in total. The van der Waals surface area contributed by atoms with Gasteiger partial charge < -0.3 is 20.9 Å². The Kier molecular flexibility index (Phi) is 6.74. The zero-order valence-electron chi connectivity index (χ0n) is 12.4. The molecule has 0 bridgehead atoms. The number of halogens is 1. The minimum Gasteiger partial charge on any atom is -0.370 e. The zero-order chi connectivity index (χ0) is 15.8. The Balaban J connectivity index is 2.50. The first kappa shape index (κ1) is 17.0. The van der Waals surface area contributed by atoms with E-state index < -0.39 is 0 Å². The summed E-state index contributed by atoms with van der Waals surface area (Å²) in [6.45, 7) is 3.29. The van der Waals surface area contributed by atoms with Crippen LogP contribution in [0.25, 0.3) is 0 Å². The third-order valence-corrected chi connectivity index (χ3v) is 2.70. The van der Waals surface area contributed by atoms with Gasteiger partial charge in [-0.15, -0.1) is 0 Å². The van der Waals surface area contributed by atoms with Gasteiger partial charge in [-0.3, -0.25) is 4.79 Å². The van der Waals surface area contributed by atoms with Gasteiger partial charge in [0.2, 0.25) is 0 Å². The maximum atomic E-state index is 12.0. The second kappa shape index (κ2) is 8.31. The first-order valence-corrected chi connectivity index (χ1v) is 6.96. The number of aromatic nitrogens is 1. The number of hydrogen-bond acceptors (Lipinski definition) is 4. The Labute approximate surface area is 129 Å². The van der Waals surface area contributed by atoms with Crippen molar-refractivity contribution in [1.29, 1.82) is 0 Å². The van der Waals surface area contributed by atoms with Crippen LogP contribution in [0.1, 0.15) is 17.3 Å². The second-order valence-electron chi connectivity index (χ2n) is 4.48. The molecule has 0 radical (unpaired) electrons. The van der Waals surface area contributed by atoms with Crippen molar-refractivity contribution in [2.45, 2.75) is 6.92 Å². The molecule has 0 aromatic carbocycles. The summed E-state index contributed by atoms with van der Waals surface area (Å²) >= 11 is 5.87. The van der Waals surface area contributed by atoms with Crippen molar-refractivity contribution < 1.29 is 9.59 Å². The first-order valence-electron chi connectivity index (χ1n) is 6.58. The predicted molar refractivity (Wildman–Crippen MR) is 82.8 cm³/mol. The number of nitrogens with zero attached hydrogens (tertiary/aromatic N) is 2. The molecule has 1 aromatic rings. The number of carbonyl (C=O) groups excluding carboxylic acids is 2. The molecule has 0 spiro atoms. The molecule has 0 saturated heterocycles. The van der Waals surface area contributed by atoms with Gasteiger partial charge in [0, 0.05) is 39.3 Å². The van der Waals surface area contributed by atoms with Crippen LogP contribution in [0.2, 0.25) is 5.15 Å². The number of urea groups is 1. The van der Waals surface area contributed by atoms with E-state index in [0.717, 1.165) is 0 Å². The number of anilines is 1. The van der Waals surface area contributed by atoms with E-state index in [9.17, 15) is 9.59 Å². The molecule has 7 nitrogen and oxygen atoms in total. The topological polar surface area (TPSA) is 86.4 Å². The van der Waals surface area contributed by atoms with Crippen LogP contribution in [0.5, 0.6) is 0 Å². The Morgan fingerprint density at radius 2 is 1.90 bits per heavy atom. The van der Waals surface area contributed by atoms with Crippen LogP contribution in [-0.2, 0) is 0 Å². The molecule has 0 unspecified atom stereocenters. The van der Waals surface area contributed by atoms with Crippen LogP contribution in [0.3, 0.4) is 0 Å². The highest BCUT2D eigenvalue weighted by molar-refractivity contribution is 6.29. The number of rotatable bonds is 6. The van der Waals surface area contributed by atoms with E-state index in [4.69, 9.17) is 11.6 Å². The normalized spacial score (nSPS) is 9.90. The van der Waals surface area contributed by atoms with E-state index in [1.54, 1.807) is 20.2 Å². The van der Waals surface area contributed by atoms with Crippen molar-refractivity contribution >= 4 is 29.4 Å². The van der Waals surface area contributed by atoms with Crippen molar-refractivity contribution in [3.63, 3.8) is 0 Å². The summed E-state index contributed by atoms with van der Waals surface area (Å²) in [4.78, 5) is 28.8. The second-order valence-corrected chi connectivity index (χ2v) is 4.86. The SMILES string of the molecule is CCNc1cc(C(=O)NCCNC(=O)N(C)C)cc(Cl)n1. The molecular formula is C13H20ClN5O2. The van der Waals surface area contributed by atoms with Gasteiger partial charge >= 0.3 is 6.03 Å². The number of amides is 3. The highest BCUT2D eigenvalue weighted by atomic mass is 35.5. The van der Waals surface area contributed by atoms with Crippen LogP contribution >= 0.6 is 11.6 Å². The lowest BCUT2D eigenvalue weighted by Gasteiger charge is -2.12. The van der Waals surface area contributed by atoms with Crippen LogP contribution < -0.4 is 16.0 Å². The molecule has 0 saturated carbocycles. The molecule has 0 atom stereocenters. The summed E-state index contributed by atoms with van der Waals surface area (Å²) < 4.78 is 0. The summed E-state index contributed by atoms with van der Waals surface area (Å²) in [6.07, 6.45) is 0. The summed E-state index contributed by atoms with van der Waals surface area (Å²) in [7, 11) is 3.30. The Hall–Kier alpha value is -2.02. The van der Waals surface area contributed by atoms with Gasteiger partial charge in [-0.1, -0.05) is 11.6 Å². The molecule has 3 amide bonds. The van der Waals surface area contributed by atoms with E-state index in [2.05, 4.69) is 20.9 Å². The number of nitrogens with one attached hydrogen (secondary N) is 3. The highest BCUT2D eigenvalue weighted by Gasteiger charge is 2.09. The molecule has 0 fully saturated rings. The maximum absolute atomic E-state index is 12.0. The van der Waals surface area contributed by atoms with E-state index in [1.807, 2.05) is 6.92 Å². The fourth-order valence-corrected chi connectivity index (χ4v) is 1.71. The van der Waals surface area contributed by atoms with Crippen molar-refractivity contribution in [2.75, 3.05) is 39.0 Å². The standard InChI is InChI=1S/C13H20ClN5O2/c1-4-15-11-8-9(7-10(14)18-11)12(20)16-5-6-17-13(21)19(2)3/h7-8H,4-6H2,1-3H3,(H,15,18)(H,16,20)(H,17,21). The molecule has 116 valence electrons. The lowest BCUT2D eigenvalue weighted by Crippen LogP contribution is -2.39. The smallest absolute Gasteiger partial charge is 0.316 e. The molecule has 21 heavy (non-hydrogen) atoms. The van der Waals surface area contributed by atoms with E-state index in [0.29, 0.717) is 31.0 Å². The highest BCUT2D eigenvalue weighted by Crippen LogP contribution is 2.14. The molecule has 0 aliphatic carbocycles. The largest absolute Gasteiger partial charge is 0.370 e. The van der Waals surface area contributed by atoms with Crippen LogP contribution in [0, 0.1) is 0 Å². The van der Waals surface area contributed by atoms with Crippen LogP contribution in [0.4, 0.5) is 10.6 Å². The van der Waals surface area contributed by atoms with Crippen LogP contribution in [0.15, 0.2) is 12.1 Å². The van der Waals surface area contributed by atoms with Crippen molar-refractivity contribution in [1.82, 2.24) is 20.5 Å². The van der Waals surface area contributed by atoms with E-state index in [-0.39, 0.29) is 17.1 Å². The van der Waals surface area contributed by atoms with Gasteiger partial charge in [0.1, 0.15) is 11.0 Å². The summed E-state index contributed by atoms with van der Waals surface area (Å²) in [5.74, 6) is 0.286. The summed E-state index contributed by atoms with van der Waals surface area (Å²) in [5, 5.41) is 8.61. The van der Waals surface area contributed by atoms with Gasteiger partial charge in [-0.25, -0.2) is 9.78 Å². The van der Waals surface area contributed by atoms with Gasteiger partial charge in [-0.2, -0.15) is 0 Å². The fraction of sp³-hybridized carbons (Fsp3) is 0.462. The summed E-state index contributed by atoms with van der Waals surface area (Å²) in [5.41, 5.74) is 0.421. The number of hydrogen-bond donors (Lipinski definition) is 3. The lowest BCUT2D eigenvalue weighted by molar-refractivity contribution is 0.0953. The van der Waals surface area contributed by atoms with Crippen LogP contribution in [-0.4, -0.2) is 55.6 Å². The van der Waals surface area contributed by atoms with E-state index >= 15 is 0 Å². The fourth-order valence-electron chi connectivity index (χ4n) is 1.51. The Morgan fingerprint density at radius 1 is 1.24 bits per heavy atom. The average molecular weight is 314 g/mol. The van der Waals surface area contributed by atoms with Crippen molar-refractivity contribution in [3.8, 4) is 0 Å². The molecule has 0 aliphatic heterocycles. The molecular weight excluding hydrogens is 294 g/mol. The van der Waals surface area contributed by atoms with Gasteiger partial charge in [0.05, 0.1) is 0 Å². The van der Waals surface area contributed by atoms with E-state index in [1.165, 1.54) is 11.0 Å². The minimum atomic E-state index is -0.266. The lowest BCUT2D eigenvalue weighted by atomic mass is 10.2. The molecule has 1 heterocycles. The Morgan fingerprint density at radius 3 is 2.52 bits per heavy atom. The third-order valence-electron chi connectivity index (χ3n) is 2.51.